The van der Waals surface area contributed by atoms with Gasteiger partial charge >= 0.3 is 5.97 Å². The molecule has 1 aliphatic carbocycles. The van der Waals surface area contributed by atoms with E-state index in [1.165, 1.54) is 42.1 Å². The number of ether oxygens (including phenoxy) is 1. The number of rotatable bonds is 6. The highest BCUT2D eigenvalue weighted by atomic mass is 16.5. The molecule has 2 heteroatoms. The average molecular weight is 314 g/mol. The van der Waals surface area contributed by atoms with Crippen LogP contribution in [0.2, 0.25) is 0 Å². The van der Waals surface area contributed by atoms with Gasteiger partial charge in [0.1, 0.15) is 0 Å². The van der Waals surface area contributed by atoms with E-state index in [1.807, 2.05) is 18.2 Å². The Morgan fingerprint density at radius 2 is 1.96 bits per heavy atom. The molecular weight excluding hydrogens is 284 g/mol. The zero-order valence-electron chi connectivity index (χ0n) is 15.2. The molecule has 1 aliphatic rings. The Kier molecular flexibility index (Phi) is 7.80. The minimum absolute atomic E-state index is 0.275. The minimum atomic E-state index is -0.306. The lowest BCUT2D eigenvalue weighted by Gasteiger charge is -2.32. The van der Waals surface area contributed by atoms with Crippen molar-refractivity contribution in [2.45, 2.75) is 53.9 Å². The van der Waals surface area contributed by atoms with Gasteiger partial charge in [0.15, 0.2) is 0 Å². The highest BCUT2D eigenvalue weighted by Gasteiger charge is 2.26. The molecule has 23 heavy (non-hydrogen) atoms. The summed E-state index contributed by atoms with van der Waals surface area (Å²) in [7, 11) is 0. The number of hydrogen-bond acceptors (Lipinski definition) is 2. The molecule has 126 valence electrons. The molecule has 0 aromatic carbocycles. The lowest BCUT2D eigenvalue weighted by molar-refractivity contribution is -0.137. The SMILES string of the molecule is CCOC(=O)/C=C/C=C/C=C(C)/C=C/C1=C(C)CCCC1(C)C. The number of esters is 1. The van der Waals surface area contributed by atoms with Crippen molar-refractivity contribution in [1.29, 1.82) is 0 Å². The summed E-state index contributed by atoms with van der Waals surface area (Å²) in [5, 5.41) is 0. The van der Waals surface area contributed by atoms with Crippen LogP contribution in [-0.4, -0.2) is 12.6 Å². The van der Waals surface area contributed by atoms with Crippen LogP contribution in [0.3, 0.4) is 0 Å². The van der Waals surface area contributed by atoms with E-state index in [4.69, 9.17) is 4.74 Å². The van der Waals surface area contributed by atoms with Crippen LogP contribution in [0.25, 0.3) is 0 Å². The molecule has 0 aromatic heterocycles. The Bertz CT molecular complexity index is 554. The Morgan fingerprint density at radius 1 is 1.22 bits per heavy atom. The van der Waals surface area contributed by atoms with Crippen molar-refractivity contribution in [2.75, 3.05) is 6.61 Å². The van der Waals surface area contributed by atoms with Crippen molar-refractivity contribution in [1.82, 2.24) is 0 Å². The van der Waals surface area contributed by atoms with E-state index >= 15 is 0 Å². The molecule has 2 nitrogen and oxygen atoms in total. The number of hydrogen-bond donors (Lipinski definition) is 0. The lowest BCUT2D eigenvalue weighted by atomic mass is 9.72. The Morgan fingerprint density at radius 3 is 2.61 bits per heavy atom. The molecule has 0 spiro atoms. The summed E-state index contributed by atoms with van der Waals surface area (Å²) < 4.78 is 4.81. The molecule has 0 saturated heterocycles. The summed E-state index contributed by atoms with van der Waals surface area (Å²) >= 11 is 0. The van der Waals surface area contributed by atoms with E-state index in [1.54, 1.807) is 13.0 Å². The maximum atomic E-state index is 11.1. The first-order chi connectivity index (χ1) is 10.9. The van der Waals surface area contributed by atoms with Gasteiger partial charge in [-0.05, 0) is 51.0 Å². The van der Waals surface area contributed by atoms with E-state index in [2.05, 4.69) is 39.8 Å². The van der Waals surface area contributed by atoms with Gasteiger partial charge in [0.2, 0.25) is 0 Å². The molecule has 0 unspecified atom stereocenters. The van der Waals surface area contributed by atoms with Gasteiger partial charge in [0.05, 0.1) is 6.61 Å². The van der Waals surface area contributed by atoms with Crippen LogP contribution < -0.4 is 0 Å². The molecule has 0 atom stereocenters. The van der Waals surface area contributed by atoms with E-state index in [0.717, 1.165) is 0 Å². The maximum absolute atomic E-state index is 11.1. The molecule has 0 aliphatic heterocycles. The third-order valence-electron chi connectivity index (χ3n) is 4.16. The molecule has 0 amide bonds. The van der Waals surface area contributed by atoms with Crippen LogP contribution >= 0.6 is 0 Å². The van der Waals surface area contributed by atoms with Gasteiger partial charge in [-0.2, -0.15) is 0 Å². The van der Waals surface area contributed by atoms with Crippen LogP contribution in [0, 0.1) is 5.41 Å². The predicted octanol–water partition coefficient (Wildman–Crippen LogP) is 5.69. The molecule has 0 bridgehead atoms. The standard InChI is InChI=1S/C21H30O2/c1-6-23-20(22)13-9-7-8-11-17(2)14-15-19-18(3)12-10-16-21(19,4)5/h7-9,11,13-15H,6,10,12,16H2,1-5H3/b8-7+,13-9+,15-14+,17-11+. The second kappa shape index (κ2) is 9.34. The van der Waals surface area contributed by atoms with Gasteiger partial charge in [-0.15, -0.1) is 0 Å². The molecule has 0 aromatic rings. The Hall–Kier alpha value is -1.83. The van der Waals surface area contributed by atoms with Crippen LogP contribution in [-0.2, 0) is 9.53 Å². The third-order valence-corrected chi connectivity index (χ3v) is 4.16. The smallest absolute Gasteiger partial charge is 0.330 e. The van der Waals surface area contributed by atoms with Crippen LogP contribution in [0.4, 0.5) is 0 Å². The van der Waals surface area contributed by atoms with Crippen molar-refractivity contribution in [2.24, 2.45) is 5.41 Å². The number of carbonyl (C=O) groups is 1. The predicted molar refractivity (Wildman–Crippen MR) is 98.1 cm³/mol. The maximum Gasteiger partial charge on any atom is 0.330 e. The highest BCUT2D eigenvalue weighted by Crippen LogP contribution is 2.40. The fraction of sp³-hybridized carbons (Fsp3) is 0.476. The largest absolute Gasteiger partial charge is 0.463 e. The summed E-state index contributed by atoms with van der Waals surface area (Å²) in [6, 6.07) is 0. The van der Waals surface area contributed by atoms with Crippen molar-refractivity contribution < 1.29 is 9.53 Å². The molecule has 0 saturated carbocycles. The monoisotopic (exact) mass is 314 g/mol. The van der Waals surface area contributed by atoms with E-state index in [9.17, 15) is 4.79 Å². The third kappa shape index (κ3) is 6.85. The Labute approximate surface area is 141 Å². The van der Waals surface area contributed by atoms with E-state index < -0.39 is 0 Å². The van der Waals surface area contributed by atoms with Crippen molar-refractivity contribution in [3.05, 3.63) is 59.3 Å². The lowest BCUT2D eigenvalue weighted by Crippen LogP contribution is -2.19. The van der Waals surface area contributed by atoms with Gasteiger partial charge in [-0.3, -0.25) is 0 Å². The fourth-order valence-corrected chi connectivity index (χ4v) is 2.88. The number of carbonyl (C=O) groups excluding carboxylic acids is 1. The first-order valence-corrected chi connectivity index (χ1v) is 8.43. The first-order valence-electron chi connectivity index (χ1n) is 8.43. The highest BCUT2D eigenvalue weighted by molar-refractivity contribution is 5.82. The van der Waals surface area contributed by atoms with Gasteiger partial charge in [-0.25, -0.2) is 4.79 Å². The van der Waals surface area contributed by atoms with Gasteiger partial charge in [0.25, 0.3) is 0 Å². The molecule has 0 fully saturated rings. The summed E-state index contributed by atoms with van der Waals surface area (Å²) in [5.74, 6) is -0.306. The summed E-state index contributed by atoms with van der Waals surface area (Å²) in [5.41, 5.74) is 4.45. The second-order valence-corrected chi connectivity index (χ2v) is 6.67. The summed E-state index contributed by atoms with van der Waals surface area (Å²) in [6.07, 6.45) is 17.1. The summed E-state index contributed by atoms with van der Waals surface area (Å²) in [4.78, 5) is 11.1. The van der Waals surface area contributed by atoms with Crippen molar-refractivity contribution >= 4 is 5.97 Å². The van der Waals surface area contributed by atoms with E-state index in [-0.39, 0.29) is 11.4 Å². The minimum Gasteiger partial charge on any atom is -0.463 e. The zero-order valence-corrected chi connectivity index (χ0v) is 15.2. The quantitative estimate of drug-likeness (QED) is 0.357. The molecular formula is C21H30O2. The summed E-state index contributed by atoms with van der Waals surface area (Å²) in [6.45, 7) is 11.2. The topological polar surface area (TPSA) is 26.3 Å². The van der Waals surface area contributed by atoms with Crippen LogP contribution in [0.15, 0.2) is 59.3 Å². The van der Waals surface area contributed by atoms with Crippen LogP contribution in [0.1, 0.15) is 53.9 Å². The normalized spacial score (nSPS) is 19.3. The van der Waals surface area contributed by atoms with Gasteiger partial charge < -0.3 is 4.74 Å². The molecule has 1 rings (SSSR count). The van der Waals surface area contributed by atoms with Gasteiger partial charge in [-0.1, -0.05) is 61.4 Å². The van der Waals surface area contributed by atoms with E-state index in [0.29, 0.717) is 6.61 Å². The number of allylic oxidation sites excluding steroid dienone is 9. The zero-order chi connectivity index (χ0) is 17.3. The average Bonchev–Trinajstić information content (AvgIpc) is 2.46. The van der Waals surface area contributed by atoms with Crippen molar-refractivity contribution in [3.63, 3.8) is 0 Å². The Balaban J connectivity index is 2.64. The van der Waals surface area contributed by atoms with Crippen molar-refractivity contribution in [3.8, 4) is 0 Å². The van der Waals surface area contributed by atoms with Crippen LogP contribution in [0.5, 0.6) is 0 Å². The molecule has 0 heterocycles. The second-order valence-electron chi connectivity index (χ2n) is 6.67. The molecule has 0 radical (unpaired) electrons. The molecule has 0 N–H and O–H groups in total. The fourth-order valence-electron chi connectivity index (χ4n) is 2.88. The first kappa shape index (κ1) is 19.2. The van der Waals surface area contributed by atoms with Gasteiger partial charge in [0, 0.05) is 6.08 Å².